The standard InChI is InChI=1S/C18H17Cl2NO3/c1-11(13-4-3-5-14(19)8-13)21-18(23)10-24-17-7-6-15(20)9-16(17)12(2)22/h3-9,11H,10H2,1-2H3,(H,21,23)/t11-/m0/s1. The average Bonchev–Trinajstić information content (AvgIpc) is 2.53. The first kappa shape index (κ1) is 18.3. The number of ketones is 1. The number of ether oxygens (including phenoxy) is 1. The van der Waals surface area contributed by atoms with E-state index in [-0.39, 0.29) is 24.3 Å². The van der Waals surface area contributed by atoms with E-state index in [1.54, 1.807) is 24.3 Å². The summed E-state index contributed by atoms with van der Waals surface area (Å²) >= 11 is 11.8. The van der Waals surface area contributed by atoms with Crippen molar-refractivity contribution in [3.05, 3.63) is 63.6 Å². The Morgan fingerprint density at radius 3 is 2.50 bits per heavy atom. The normalized spacial score (nSPS) is 11.7. The molecule has 24 heavy (non-hydrogen) atoms. The molecule has 2 aromatic rings. The molecule has 0 heterocycles. The van der Waals surface area contributed by atoms with Crippen molar-refractivity contribution in [1.82, 2.24) is 5.32 Å². The molecule has 0 radical (unpaired) electrons. The van der Waals surface area contributed by atoms with E-state index in [0.717, 1.165) is 5.56 Å². The van der Waals surface area contributed by atoms with Gasteiger partial charge in [0.25, 0.3) is 5.91 Å². The predicted molar refractivity (Wildman–Crippen MR) is 95.0 cm³/mol. The van der Waals surface area contributed by atoms with Crippen LogP contribution in [0.3, 0.4) is 0 Å². The van der Waals surface area contributed by atoms with Crippen molar-refractivity contribution in [2.24, 2.45) is 0 Å². The molecule has 1 atom stereocenters. The van der Waals surface area contributed by atoms with Crippen LogP contribution in [0, 0.1) is 0 Å². The Morgan fingerprint density at radius 2 is 1.83 bits per heavy atom. The Bertz CT molecular complexity index is 762. The van der Waals surface area contributed by atoms with Crippen LogP contribution in [0.4, 0.5) is 0 Å². The topological polar surface area (TPSA) is 55.4 Å². The number of amides is 1. The van der Waals surface area contributed by atoms with Crippen molar-refractivity contribution in [3.8, 4) is 5.75 Å². The molecule has 0 aliphatic rings. The highest BCUT2D eigenvalue weighted by Crippen LogP contribution is 2.23. The highest BCUT2D eigenvalue weighted by Gasteiger charge is 2.13. The first-order valence-corrected chi connectivity index (χ1v) is 8.10. The zero-order chi connectivity index (χ0) is 17.7. The van der Waals surface area contributed by atoms with Crippen LogP contribution in [-0.2, 0) is 4.79 Å². The second-order valence-corrected chi connectivity index (χ2v) is 6.20. The Hall–Kier alpha value is -2.04. The lowest BCUT2D eigenvalue weighted by Gasteiger charge is -2.15. The maximum atomic E-state index is 12.1. The highest BCUT2D eigenvalue weighted by molar-refractivity contribution is 6.31. The minimum absolute atomic E-state index is 0.180. The smallest absolute Gasteiger partial charge is 0.258 e. The van der Waals surface area contributed by atoms with Gasteiger partial charge in [-0.1, -0.05) is 35.3 Å². The van der Waals surface area contributed by atoms with Crippen LogP contribution in [0.25, 0.3) is 0 Å². The van der Waals surface area contributed by atoms with Crippen LogP contribution in [-0.4, -0.2) is 18.3 Å². The summed E-state index contributed by atoms with van der Waals surface area (Å²) in [4.78, 5) is 23.7. The lowest BCUT2D eigenvalue weighted by molar-refractivity contribution is -0.123. The van der Waals surface area contributed by atoms with Gasteiger partial charge in [-0.3, -0.25) is 9.59 Å². The van der Waals surface area contributed by atoms with Crippen LogP contribution >= 0.6 is 23.2 Å². The zero-order valence-electron chi connectivity index (χ0n) is 13.3. The molecule has 0 spiro atoms. The Labute approximate surface area is 150 Å². The summed E-state index contributed by atoms with van der Waals surface area (Å²) in [5.74, 6) is -0.149. The van der Waals surface area contributed by atoms with Gasteiger partial charge in [-0.2, -0.15) is 0 Å². The van der Waals surface area contributed by atoms with Gasteiger partial charge in [-0.05, 0) is 49.7 Å². The lowest BCUT2D eigenvalue weighted by Crippen LogP contribution is -2.31. The fourth-order valence-electron chi connectivity index (χ4n) is 2.19. The second-order valence-electron chi connectivity index (χ2n) is 5.33. The van der Waals surface area contributed by atoms with Gasteiger partial charge in [0.2, 0.25) is 0 Å². The van der Waals surface area contributed by atoms with Crippen molar-refractivity contribution in [3.63, 3.8) is 0 Å². The van der Waals surface area contributed by atoms with Gasteiger partial charge in [0.1, 0.15) is 5.75 Å². The fraction of sp³-hybridized carbons (Fsp3) is 0.222. The SMILES string of the molecule is CC(=O)c1cc(Cl)ccc1OCC(=O)N[C@@H](C)c1cccc(Cl)c1. The molecule has 0 saturated carbocycles. The number of carbonyl (C=O) groups is 2. The van der Waals surface area contributed by atoms with E-state index in [4.69, 9.17) is 27.9 Å². The van der Waals surface area contributed by atoms with Crippen LogP contribution < -0.4 is 10.1 Å². The van der Waals surface area contributed by atoms with Gasteiger partial charge in [-0.15, -0.1) is 0 Å². The number of hydrogen-bond donors (Lipinski definition) is 1. The van der Waals surface area contributed by atoms with Crippen molar-refractivity contribution < 1.29 is 14.3 Å². The number of carbonyl (C=O) groups excluding carboxylic acids is 2. The third kappa shape index (κ3) is 4.98. The third-order valence-electron chi connectivity index (χ3n) is 3.41. The van der Waals surface area contributed by atoms with Crippen LogP contribution in [0.15, 0.2) is 42.5 Å². The minimum atomic E-state index is -0.299. The number of halogens is 2. The summed E-state index contributed by atoms with van der Waals surface area (Å²) < 4.78 is 5.46. The van der Waals surface area contributed by atoms with Gasteiger partial charge >= 0.3 is 0 Å². The largest absolute Gasteiger partial charge is 0.483 e. The van der Waals surface area contributed by atoms with Crippen LogP contribution in [0.2, 0.25) is 10.0 Å². The van der Waals surface area contributed by atoms with E-state index in [9.17, 15) is 9.59 Å². The number of nitrogens with one attached hydrogen (secondary N) is 1. The average molecular weight is 366 g/mol. The van der Waals surface area contributed by atoms with Crippen molar-refractivity contribution in [2.75, 3.05) is 6.61 Å². The zero-order valence-corrected chi connectivity index (χ0v) is 14.8. The van der Waals surface area contributed by atoms with Gasteiger partial charge in [0.05, 0.1) is 11.6 Å². The molecule has 0 aliphatic carbocycles. The first-order chi connectivity index (χ1) is 11.4. The van der Waals surface area contributed by atoms with E-state index in [1.165, 1.54) is 13.0 Å². The van der Waals surface area contributed by atoms with Gasteiger partial charge in [0.15, 0.2) is 12.4 Å². The Kier molecular flexibility index (Phi) is 6.23. The second kappa shape index (κ2) is 8.18. The maximum absolute atomic E-state index is 12.1. The first-order valence-electron chi connectivity index (χ1n) is 7.35. The summed E-state index contributed by atoms with van der Waals surface area (Å²) in [6, 6.07) is 11.8. The predicted octanol–water partition coefficient (Wildman–Crippen LogP) is 4.45. The molecule has 6 heteroatoms. The van der Waals surface area contributed by atoms with Crippen molar-refractivity contribution >= 4 is 34.9 Å². The molecule has 0 bridgehead atoms. The van der Waals surface area contributed by atoms with Crippen LogP contribution in [0.5, 0.6) is 5.75 Å². The number of hydrogen-bond acceptors (Lipinski definition) is 3. The molecule has 126 valence electrons. The molecule has 1 amide bonds. The van der Waals surface area contributed by atoms with Gasteiger partial charge < -0.3 is 10.1 Å². The van der Waals surface area contributed by atoms with E-state index in [1.807, 2.05) is 19.1 Å². The van der Waals surface area contributed by atoms with Crippen LogP contribution in [0.1, 0.15) is 35.8 Å². The van der Waals surface area contributed by atoms with Gasteiger partial charge in [-0.25, -0.2) is 0 Å². The number of rotatable bonds is 6. The molecule has 0 fully saturated rings. The summed E-state index contributed by atoms with van der Waals surface area (Å²) in [5, 5.41) is 3.87. The molecule has 2 aromatic carbocycles. The Morgan fingerprint density at radius 1 is 1.12 bits per heavy atom. The van der Waals surface area contributed by atoms with E-state index in [0.29, 0.717) is 21.4 Å². The summed E-state index contributed by atoms with van der Waals surface area (Å²) in [6.45, 7) is 3.07. The third-order valence-corrected chi connectivity index (χ3v) is 3.88. The fourth-order valence-corrected chi connectivity index (χ4v) is 2.56. The Balaban J connectivity index is 1.97. The summed E-state index contributed by atoms with van der Waals surface area (Å²) in [5.41, 5.74) is 1.24. The molecule has 2 rings (SSSR count). The molecule has 1 N–H and O–H groups in total. The van der Waals surface area contributed by atoms with E-state index < -0.39 is 0 Å². The molecule has 4 nitrogen and oxygen atoms in total. The molecule has 0 saturated heterocycles. The molecular weight excluding hydrogens is 349 g/mol. The summed E-state index contributed by atoms with van der Waals surface area (Å²) in [7, 11) is 0. The molecule has 0 unspecified atom stereocenters. The van der Waals surface area contributed by atoms with Crippen molar-refractivity contribution in [1.29, 1.82) is 0 Å². The number of benzene rings is 2. The monoisotopic (exact) mass is 365 g/mol. The minimum Gasteiger partial charge on any atom is -0.483 e. The van der Waals surface area contributed by atoms with E-state index in [2.05, 4.69) is 5.32 Å². The highest BCUT2D eigenvalue weighted by atomic mass is 35.5. The van der Waals surface area contributed by atoms with E-state index >= 15 is 0 Å². The molecular formula is C18H17Cl2NO3. The maximum Gasteiger partial charge on any atom is 0.258 e. The quantitative estimate of drug-likeness (QED) is 0.769. The summed E-state index contributed by atoms with van der Waals surface area (Å²) in [6.07, 6.45) is 0. The number of Topliss-reactive ketones (excluding diaryl/α,β-unsaturated/α-hetero) is 1. The lowest BCUT2D eigenvalue weighted by atomic mass is 10.1. The molecule has 0 aromatic heterocycles. The van der Waals surface area contributed by atoms with Crippen molar-refractivity contribution in [2.45, 2.75) is 19.9 Å². The molecule has 0 aliphatic heterocycles. The van der Waals surface area contributed by atoms with Gasteiger partial charge in [0, 0.05) is 10.0 Å².